The predicted molar refractivity (Wildman–Crippen MR) is 69.6 cm³/mol. The minimum absolute atomic E-state index is 0.132. The van der Waals surface area contributed by atoms with Crippen LogP contribution < -0.4 is 4.90 Å². The molecule has 1 aromatic carbocycles. The number of anilines is 1. The van der Waals surface area contributed by atoms with E-state index in [2.05, 4.69) is 47.5 Å². The maximum atomic E-state index is 5.62. The third-order valence-corrected chi connectivity index (χ3v) is 4.45. The van der Waals surface area contributed by atoms with Gasteiger partial charge in [0, 0.05) is 16.7 Å². The topological polar surface area (TPSA) is 12.5 Å². The Balaban J connectivity index is 1.87. The fourth-order valence-electron chi connectivity index (χ4n) is 2.42. The molecule has 0 saturated carbocycles. The monoisotopic (exact) mass is 241 g/mol. The molecule has 3 aliphatic rings. The Kier molecular flexibility index (Phi) is 1.91. The molecule has 3 heterocycles. The summed E-state index contributed by atoms with van der Waals surface area (Å²) in [6, 6.07) is 8.52. The van der Waals surface area contributed by atoms with Gasteiger partial charge >= 0.3 is 0 Å². The summed E-state index contributed by atoms with van der Waals surface area (Å²) in [4.78, 5) is 3.60. The van der Waals surface area contributed by atoms with E-state index in [9.17, 15) is 0 Å². The summed E-state index contributed by atoms with van der Waals surface area (Å²) in [7, 11) is 0. The van der Waals surface area contributed by atoms with E-state index in [-0.39, 0.29) is 6.10 Å². The summed E-state index contributed by atoms with van der Waals surface area (Å²) >= 11 is 1.85. The van der Waals surface area contributed by atoms with Crippen LogP contribution in [0.1, 0.15) is 6.42 Å². The summed E-state index contributed by atoms with van der Waals surface area (Å²) in [5, 5.41) is 1.32. The lowest BCUT2D eigenvalue weighted by atomic mass is 10.0. The molecule has 4 rings (SSSR count). The number of para-hydroxylation sites is 1. The SMILES string of the molecule is C1=COC2C=CN3C(=C2C1)Sc1ccccc13. The third kappa shape index (κ3) is 1.29. The molecular formula is C14H11NOS. The number of ether oxygens (including phenoxy) is 1. The molecule has 0 N–H and O–H groups in total. The first-order valence-corrected chi connectivity index (χ1v) is 6.53. The van der Waals surface area contributed by atoms with Crippen LogP contribution in [0.5, 0.6) is 0 Å². The highest BCUT2D eigenvalue weighted by Crippen LogP contribution is 2.50. The molecule has 1 unspecified atom stereocenters. The number of thioether (sulfide) groups is 1. The molecule has 3 aliphatic heterocycles. The lowest BCUT2D eigenvalue weighted by Gasteiger charge is -2.29. The lowest BCUT2D eigenvalue weighted by molar-refractivity contribution is 0.203. The smallest absolute Gasteiger partial charge is 0.142 e. The Bertz CT molecular complexity index is 573. The largest absolute Gasteiger partial charge is 0.490 e. The number of rotatable bonds is 0. The van der Waals surface area contributed by atoms with Gasteiger partial charge < -0.3 is 9.64 Å². The van der Waals surface area contributed by atoms with Crippen LogP contribution in [0.15, 0.2) is 64.4 Å². The van der Waals surface area contributed by atoms with Gasteiger partial charge in [-0.05, 0) is 30.7 Å². The van der Waals surface area contributed by atoms with E-state index in [0.29, 0.717) is 0 Å². The summed E-state index contributed by atoms with van der Waals surface area (Å²) in [6.07, 6.45) is 9.27. The van der Waals surface area contributed by atoms with Crippen LogP contribution in [-0.4, -0.2) is 6.10 Å². The van der Waals surface area contributed by atoms with Gasteiger partial charge in [-0.3, -0.25) is 0 Å². The van der Waals surface area contributed by atoms with E-state index in [1.807, 2.05) is 18.0 Å². The molecule has 0 radical (unpaired) electrons. The lowest BCUT2D eigenvalue weighted by Crippen LogP contribution is -2.25. The Morgan fingerprint density at radius 3 is 3.24 bits per heavy atom. The highest BCUT2D eigenvalue weighted by molar-refractivity contribution is 8.03. The molecule has 0 aliphatic carbocycles. The van der Waals surface area contributed by atoms with E-state index < -0.39 is 0 Å². The molecule has 84 valence electrons. The fourth-order valence-corrected chi connectivity index (χ4v) is 3.64. The number of hydrogen-bond donors (Lipinski definition) is 0. The van der Waals surface area contributed by atoms with E-state index in [1.165, 1.54) is 21.2 Å². The van der Waals surface area contributed by atoms with Crippen LogP contribution >= 0.6 is 11.8 Å². The van der Waals surface area contributed by atoms with Gasteiger partial charge in [-0.1, -0.05) is 23.9 Å². The Morgan fingerprint density at radius 2 is 2.24 bits per heavy atom. The van der Waals surface area contributed by atoms with Gasteiger partial charge in [0.15, 0.2) is 0 Å². The van der Waals surface area contributed by atoms with Crippen molar-refractivity contribution in [2.24, 2.45) is 0 Å². The second-order valence-corrected chi connectivity index (χ2v) is 5.27. The molecule has 0 fully saturated rings. The van der Waals surface area contributed by atoms with Crippen molar-refractivity contribution in [3.05, 3.63) is 59.5 Å². The van der Waals surface area contributed by atoms with E-state index in [4.69, 9.17) is 4.74 Å². The van der Waals surface area contributed by atoms with Crippen LogP contribution in [0.25, 0.3) is 0 Å². The van der Waals surface area contributed by atoms with E-state index in [1.54, 1.807) is 0 Å². The van der Waals surface area contributed by atoms with Crippen molar-refractivity contribution in [2.45, 2.75) is 17.4 Å². The van der Waals surface area contributed by atoms with E-state index in [0.717, 1.165) is 6.42 Å². The second-order valence-electron chi connectivity index (χ2n) is 4.24. The van der Waals surface area contributed by atoms with Gasteiger partial charge in [-0.2, -0.15) is 0 Å². The maximum Gasteiger partial charge on any atom is 0.142 e. The Morgan fingerprint density at radius 1 is 1.29 bits per heavy atom. The van der Waals surface area contributed by atoms with Crippen LogP contribution in [0.3, 0.4) is 0 Å². The first-order chi connectivity index (χ1) is 8.43. The predicted octanol–water partition coefficient (Wildman–Crippen LogP) is 3.64. The molecule has 0 aromatic heterocycles. The van der Waals surface area contributed by atoms with Crippen LogP contribution in [-0.2, 0) is 4.74 Å². The molecule has 2 nitrogen and oxygen atoms in total. The third-order valence-electron chi connectivity index (χ3n) is 3.24. The van der Waals surface area contributed by atoms with Gasteiger partial charge in [0.2, 0.25) is 0 Å². The number of nitrogens with zero attached hydrogens (tertiary/aromatic N) is 1. The van der Waals surface area contributed by atoms with Crippen LogP contribution in [0.2, 0.25) is 0 Å². The number of fused-ring (bicyclic) bond motifs is 4. The average Bonchev–Trinajstić information content (AvgIpc) is 2.78. The van der Waals surface area contributed by atoms with Crippen molar-refractivity contribution in [1.82, 2.24) is 0 Å². The molecule has 1 atom stereocenters. The molecule has 0 bridgehead atoms. The Labute approximate surface area is 104 Å². The van der Waals surface area contributed by atoms with Crippen molar-refractivity contribution in [3.63, 3.8) is 0 Å². The molecule has 3 heteroatoms. The van der Waals surface area contributed by atoms with Gasteiger partial charge in [-0.15, -0.1) is 0 Å². The fraction of sp³-hybridized carbons (Fsp3) is 0.143. The summed E-state index contributed by atoms with van der Waals surface area (Å²) in [5.74, 6) is 0. The van der Waals surface area contributed by atoms with Crippen molar-refractivity contribution in [2.75, 3.05) is 4.90 Å². The van der Waals surface area contributed by atoms with Crippen molar-refractivity contribution < 1.29 is 4.74 Å². The molecule has 17 heavy (non-hydrogen) atoms. The maximum absolute atomic E-state index is 5.62. The molecule has 0 spiro atoms. The van der Waals surface area contributed by atoms with Crippen molar-refractivity contribution in [1.29, 1.82) is 0 Å². The average molecular weight is 241 g/mol. The highest BCUT2D eigenvalue weighted by Gasteiger charge is 2.32. The summed E-state index contributed by atoms with van der Waals surface area (Å²) < 4.78 is 5.62. The molecular weight excluding hydrogens is 230 g/mol. The van der Waals surface area contributed by atoms with Crippen molar-refractivity contribution >= 4 is 17.4 Å². The standard InChI is InChI=1S/C14H11NOS/c1-2-6-13-11(5-1)15-8-7-12-10(14(15)17-13)4-3-9-16-12/h1-3,5-9,12H,4H2. The van der Waals surface area contributed by atoms with Gasteiger partial charge in [0.25, 0.3) is 0 Å². The van der Waals surface area contributed by atoms with Gasteiger partial charge in [0.05, 0.1) is 17.0 Å². The minimum Gasteiger partial charge on any atom is -0.490 e. The summed E-state index contributed by atoms with van der Waals surface area (Å²) in [6.45, 7) is 0. The zero-order valence-electron chi connectivity index (χ0n) is 9.17. The molecule has 0 amide bonds. The van der Waals surface area contributed by atoms with Crippen LogP contribution in [0, 0.1) is 0 Å². The van der Waals surface area contributed by atoms with Crippen LogP contribution in [0.4, 0.5) is 5.69 Å². The normalized spacial score (nSPS) is 24.2. The number of hydrogen-bond acceptors (Lipinski definition) is 3. The van der Waals surface area contributed by atoms with Crippen molar-refractivity contribution in [3.8, 4) is 0 Å². The first kappa shape index (κ1) is 9.42. The number of benzene rings is 1. The zero-order valence-corrected chi connectivity index (χ0v) is 9.98. The first-order valence-electron chi connectivity index (χ1n) is 5.71. The second kappa shape index (κ2) is 3.44. The zero-order chi connectivity index (χ0) is 11.2. The minimum atomic E-state index is 0.132. The molecule has 1 aromatic rings. The summed E-state index contributed by atoms with van der Waals surface area (Å²) in [5.41, 5.74) is 2.65. The van der Waals surface area contributed by atoms with Gasteiger partial charge in [-0.25, -0.2) is 0 Å². The van der Waals surface area contributed by atoms with E-state index >= 15 is 0 Å². The van der Waals surface area contributed by atoms with Gasteiger partial charge in [0.1, 0.15) is 6.10 Å². The quantitative estimate of drug-likeness (QED) is 0.688. The molecule has 0 saturated heterocycles. The number of allylic oxidation sites excluding steroid dienone is 1. The highest BCUT2D eigenvalue weighted by atomic mass is 32.2. The Hall–Kier alpha value is -1.61.